The van der Waals surface area contributed by atoms with E-state index in [4.69, 9.17) is 11.4 Å². The minimum absolute atomic E-state index is 0.0124. The molecule has 2 bridgehead atoms. The van der Waals surface area contributed by atoms with Gasteiger partial charge in [0.05, 0.1) is 5.56 Å². The summed E-state index contributed by atoms with van der Waals surface area (Å²) in [4.78, 5) is 11.6. The van der Waals surface area contributed by atoms with E-state index in [1.807, 2.05) is 13.8 Å². The Morgan fingerprint density at radius 1 is 1.11 bits per heavy atom. The first-order valence-corrected chi connectivity index (χ1v) is 11.7. The van der Waals surface area contributed by atoms with Crippen LogP contribution in [0, 0.1) is 37.8 Å². The third kappa shape index (κ3) is 3.32. The van der Waals surface area contributed by atoms with Gasteiger partial charge in [0.1, 0.15) is 23.1 Å². The van der Waals surface area contributed by atoms with Crippen LogP contribution in [0.4, 0.5) is 14.6 Å². The van der Waals surface area contributed by atoms with Gasteiger partial charge < -0.3 is 15.3 Å². The van der Waals surface area contributed by atoms with Crippen LogP contribution in [0.5, 0.6) is 5.75 Å². The Hall–Kier alpha value is -3.76. The number of rotatable bonds is 2. The number of benzene rings is 2. The summed E-state index contributed by atoms with van der Waals surface area (Å²) in [5.41, 5.74) is 1.74. The molecule has 0 saturated carbocycles. The van der Waals surface area contributed by atoms with E-state index >= 15 is 4.39 Å². The molecule has 0 aliphatic carbocycles. The predicted octanol–water partition coefficient (Wildman–Crippen LogP) is 4.97. The second kappa shape index (κ2) is 7.89. The SMILES string of the molecule is C#Cc1c(F)ccc2cc(O)cc(-c3ncc4c(N5CC6CCC(C5)N6)nc(C)c(C)c4c3F)c12. The number of halogens is 2. The molecule has 2 aliphatic rings. The molecule has 0 spiro atoms. The molecule has 35 heavy (non-hydrogen) atoms. The molecule has 176 valence electrons. The lowest BCUT2D eigenvalue weighted by atomic mass is 9.94. The van der Waals surface area contributed by atoms with Crippen LogP contribution in [0.25, 0.3) is 32.8 Å². The highest BCUT2D eigenvalue weighted by Crippen LogP contribution is 2.40. The van der Waals surface area contributed by atoms with Crippen molar-refractivity contribution in [2.24, 2.45) is 0 Å². The van der Waals surface area contributed by atoms with Crippen LogP contribution in [0.15, 0.2) is 30.5 Å². The van der Waals surface area contributed by atoms with Gasteiger partial charge in [0, 0.05) is 58.8 Å². The van der Waals surface area contributed by atoms with Crippen molar-refractivity contribution >= 4 is 27.4 Å². The van der Waals surface area contributed by atoms with Gasteiger partial charge in [-0.05, 0) is 55.8 Å². The van der Waals surface area contributed by atoms with Gasteiger partial charge in [-0.25, -0.2) is 13.8 Å². The molecular formula is C28H24F2N4O. The van der Waals surface area contributed by atoms with E-state index in [2.05, 4.69) is 21.1 Å². The van der Waals surface area contributed by atoms with E-state index in [-0.39, 0.29) is 22.6 Å². The van der Waals surface area contributed by atoms with Crippen molar-refractivity contribution in [3.05, 3.63) is 58.9 Å². The number of aryl methyl sites for hydroxylation is 2. The molecule has 2 unspecified atom stereocenters. The Morgan fingerprint density at radius 3 is 2.57 bits per heavy atom. The predicted molar refractivity (Wildman–Crippen MR) is 134 cm³/mol. The summed E-state index contributed by atoms with van der Waals surface area (Å²) in [6.45, 7) is 5.35. The van der Waals surface area contributed by atoms with Crippen molar-refractivity contribution in [1.82, 2.24) is 15.3 Å². The van der Waals surface area contributed by atoms with Gasteiger partial charge in [-0.3, -0.25) is 4.98 Å². The number of nitrogens with one attached hydrogen (secondary N) is 1. The second-order valence-corrected chi connectivity index (χ2v) is 9.56. The molecule has 2 saturated heterocycles. The minimum Gasteiger partial charge on any atom is -0.508 e. The first kappa shape index (κ1) is 21.8. The molecule has 2 N–H and O–H groups in total. The van der Waals surface area contributed by atoms with Crippen LogP contribution in [0.3, 0.4) is 0 Å². The summed E-state index contributed by atoms with van der Waals surface area (Å²) in [6, 6.07) is 6.44. The van der Waals surface area contributed by atoms with E-state index in [1.165, 1.54) is 24.3 Å². The van der Waals surface area contributed by atoms with Crippen LogP contribution in [-0.4, -0.2) is 40.2 Å². The molecular weight excluding hydrogens is 446 g/mol. The lowest BCUT2D eigenvalue weighted by Crippen LogP contribution is -2.51. The summed E-state index contributed by atoms with van der Waals surface area (Å²) < 4.78 is 30.9. The van der Waals surface area contributed by atoms with Crippen LogP contribution < -0.4 is 10.2 Å². The number of anilines is 1. The number of hydrogen-bond acceptors (Lipinski definition) is 5. The van der Waals surface area contributed by atoms with Crippen molar-refractivity contribution in [1.29, 1.82) is 0 Å². The second-order valence-electron chi connectivity index (χ2n) is 9.56. The largest absolute Gasteiger partial charge is 0.508 e. The summed E-state index contributed by atoms with van der Waals surface area (Å²) >= 11 is 0. The fourth-order valence-corrected chi connectivity index (χ4v) is 5.66. The molecule has 2 aromatic carbocycles. The molecule has 0 amide bonds. The highest BCUT2D eigenvalue weighted by molar-refractivity contribution is 6.04. The zero-order valence-corrected chi connectivity index (χ0v) is 19.5. The summed E-state index contributed by atoms with van der Waals surface area (Å²) in [5.74, 6) is 1.91. The van der Waals surface area contributed by atoms with E-state index in [1.54, 1.807) is 6.20 Å². The Bertz CT molecular complexity index is 1560. The molecule has 2 aliphatic heterocycles. The van der Waals surface area contributed by atoms with Gasteiger partial charge in [-0.1, -0.05) is 12.0 Å². The quantitative estimate of drug-likeness (QED) is 0.405. The Morgan fingerprint density at radius 2 is 1.86 bits per heavy atom. The van der Waals surface area contributed by atoms with Crippen LogP contribution in [-0.2, 0) is 0 Å². The maximum absolute atomic E-state index is 16.4. The van der Waals surface area contributed by atoms with Crippen LogP contribution >= 0.6 is 0 Å². The van der Waals surface area contributed by atoms with Crippen LogP contribution in [0.1, 0.15) is 29.7 Å². The topological polar surface area (TPSA) is 61.3 Å². The Kier molecular flexibility index (Phi) is 4.90. The molecule has 0 radical (unpaired) electrons. The molecule has 4 heterocycles. The van der Waals surface area contributed by atoms with E-state index in [0.717, 1.165) is 43.0 Å². The van der Waals surface area contributed by atoms with Crippen LogP contribution in [0.2, 0.25) is 0 Å². The van der Waals surface area contributed by atoms with Crippen molar-refractivity contribution in [2.75, 3.05) is 18.0 Å². The molecule has 7 heteroatoms. The van der Waals surface area contributed by atoms with Crippen molar-refractivity contribution < 1.29 is 13.9 Å². The zero-order chi connectivity index (χ0) is 24.4. The van der Waals surface area contributed by atoms with Gasteiger partial charge in [-0.15, -0.1) is 6.42 Å². The van der Waals surface area contributed by atoms with Gasteiger partial charge >= 0.3 is 0 Å². The van der Waals surface area contributed by atoms with E-state index in [0.29, 0.717) is 33.6 Å². The van der Waals surface area contributed by atoms with Crippen molar-refractivity contribution in [2.45, 2.75) is 38.8 Å². The number of pyridine rings is 2. The fourth-order valence-electron chi connectivity index (χ4n) is 5.66. The summed E-state index contributed by atoms with van der Waals surface area (Å²) in [5, 5.41) is 15.9. The van der Waals surface area contributed by atoms with Crippen molar-refractivity contribution in [3.63, 3.8) is 0 Å². The van der Waals surface area contributed by atoms with Gasteiger partial charge in [0.15, 0.2) is 5.82 Å². The number of terminal acetylenes is 1. The number of aromatic nitrogens is 2. The van der Waals surface area contributed by atoms with E-state index in [9.17, 15) is 9.50 Å². The third-order valence-electron chi connectivity index (χ3n) is 7.42. The molecule has 4 aromatic rings. The highest BCUT2D eigenvalue weighted by Gasteiger charge is 2.34. The summed E-state index contributed by atoms with van der Waals surface area (Å²) in [7, 11) is 0. The average molecular weight is 471 g/mol. The Labute approximate surface area is 201 Å². The normalized spacial score (nSPS) is 19.5. The number of phenolic OH excluding ortho intramolecular Hbond substituents is 1. The zero-order valence-electron chi connectivity index (χ0n) is 19.5. The molecule has 2 fully saturated rings. The molecule has 6 rings (SSSR count). The number of piperazine rings is 1. The smallest absolute Gasteiger partial charge is 0.157 e. The van der Waals surface area contributed by atoms with Crippen molar-refractivity contribution in [3.8, 4) is 29.4 Å². The monoisotopic (exact) mass is 470 g/mol. The number of hydrogen-bond donors (Lipinski definition) is 2. The lowest BCUT2D eigenvalue weighted by molar-refractivity contribution is 0.464. The molecule has 2 aromatic heterocycles. The molecule has 2 atom stereocenters. The highest BCUT2D eigenvalue weighted by atomic mass is 19.1. The van der Waals surface area contributed by atoms with Gasteiger partial charge in [-0.2, -0.15) is 0 Å². The first-order valence-electron chi connectivity index (χ1n) is 11.7. The maximum atomic E-state index is 16.4. The standard InChI is InChI=1S/C28H24F2N4O/c1-4-20-23(29)8-5-16-9-19(35)10-21(25(16)20)27-26(30)24-14(2)15(3)32-28(22(24)11-31-27)34-12-17-6-7-18(13-34)33-17/h1,5,8-11,17-18,33,35H,6-7,12-13H2,2-3H3. The average Bonchev–Trinajstić information content (AvgIpc) is 3.18. The number of phenols is 1. The maximum Gasteiger partial charge on any atom is 0.157 e. The number of fused-ring (bicyclic) bond motifs is 4. The number of aromatic hydroxyl groups is 1. The number of nitrogens with zero attached hydrogens (tertiary/aromatic N) is 3. The minimum atomic E-state index is -0.583. The molecule has 5 nitrogen and oxygen atoms in total. The third-order valence-corrected chi connectivity index (χ3v) is 7.42. The fraction of sp³-hybridized carbons (Fsp3) is 0.286. The summed E-state index contributed by atoms with van der Waals surface area (Å²) in [6.07, 6.45) is 9.50. The first-order chi connectivity index (χ1) is 16.9. The van der Waals surface area contributed by atoms with E-state index < -0.39 is 11.6 Å². The van der Waals surface area contributed by atoms with Gasteiger partial charge in [0.25, 0.3) is 0 Å². The Balaban J connectivity index is 1.62. The lowest BCUT2D eigenvalue weighted by Gasteiger charge is -2.34. The van der Waals surface area contributed by atoms with Gasteiger partial charge in [0.2, 0.25) is 0 Å².